The Morgan fingerprint density at radius 3 is 2.00 bits per heavy atom. The number of likely N-dealkylation sites (tertiary alicyclic amines) is 1. The van der Waals surface area contributed by atoms with Crippen LogP contribution < -0.4 is 34.0 Å². The normalized spacial score (nSPS) is 22.0. The van der Waals surface area contributed by atoms with Crippen LogP contribution in [-0.2, 0) is 11.3 Å². The molecule has 0 radical (unpaired) electrons. The van der Waals surface area contributed by atoms with Crippen LogP contribution in [0.15, 0.2) is 78.9 Å². The summed E-state index contributed by atoms with van der Waals surface area (Å²) in [6, 6.07) is 26.7. The largest absolute Gasteiger partial charge is 1.00 e. The molecule has 0 bridgehead atoms. The third-order valence-corrected chi connectivity index (χ3v) is 6.73. The van der Waals surface area contributed by atoms with Gasteiger partial charge in [-0.25, -0.2) is 0 Å². The predicted molar refractivity (Wildman–Crippen MR) is 122 cm³/mol. The van der Waals surface area contributed by atoms with Crippen molar-refractivity contribution in [2.75, 3.05) is 20.1 Å². The van der Waals surface area contributed by atoms with Crippen molar-refractivity contribution in [3.8, 4) is 11.5 Å². The summed E-state index contributed by atoms with van der Waals surface area (Å²) in [6.45, 7) is 3.18. The van der Waals surface area contributed by atoms with Gasteiger partial charge in [-0.05, 0) is 12.1 Å². The quantitative estimate of drug-likeness (QED) is 0.406. The van der Waals surface area contributed by atoms with E-state index in [1.54, 1.807) is 0 Å². The fraction of sp³-hybridized carbons (Fsp3) is 0.296. The van der Waals surface area contributed by atoms with Gasteiger partial charge in [-0.3, -0.25) is 4.79 Å². The van der Waals surface area contributed by atoms with E-state index in [1.165, 1.54) is 5.56 Å². The minimum absolute atomic E-state index is 0. The summed E-state index contributed by atoms with van der Waals surface area (Å²) >= 11 is 0. The maximum Gasteiger partial charge on any atom is 0.232 e. The van der Waals surface area contributed by atoms with Crippen LogP contribution in [0.2, 0.25) is 0 Å². The van der Waals surface area contributed by atoms with E-state index in [0.29, 0.717) is 0 Å². The molecule has 166 valence electrons. The first-order valence-corrected chi connectivity index (χ1v) is 11.1. The van der Waals surface area contributed by atoms with E-state index < -0.39 is 0 Å². The minimum atomic E-state index is -0.326. The van der Waals surface area contributed by atoms with E-state index in [4.69, 9.17) is 4.74 Å². The van der Waals surface area contributed by atoms with Crippen molar-refractivity contribution in [3.63, 3.8) is 0 Å². The summed E-state index contributed by atoms with van der Waals surface area (Å²) in [5.41, 5.74) is 3.27. The van der Waals surface area contributed by atoms with Gasteiger partial charge in [0.2, 0.25) is 5.91 Å². The lowest BCUT2D eigenvalue weighted by molar-refractivity contribution is -0.927. The van der Waals surface area contributed by atoms with Crippen LogP contribution in [0, 0.1) is 0 Å². The Labute approximate surface area is 207 Å². The molecule has 1 fully saturated rings. The van der Waals surface area contributed by atoms with Crippen LogP contribution in [0.3, 0.4) is 0 Å². The Morgan fingerprint density at radius 2 is 1.41 bits per heavy atom. The second-order valence-corrected chi connectivity index (χ2v) is 9.10. The lowest BCUT2D eigenvalue weighted by atomic mass is 9.86. The van der Waals surface area contributed by atoms with Gasteiger partial charge >= 0.3 is 0 Å². The van der Waals surface area contributed by atoms with Gasteiger partial charge in [-0.2, -0.15) is 0 Å². The Morgan fingerprint density at radius 1 is 0.875 bits per heavy atom. The van der Waals surface area contributed by atoms with Crippen LogP contribution in [0.5, 0.6) is 11.5 Å². The van der Waals surface area contributed by atoms with Crippen molar-refractivity contribution in [2.45, 2.75) is 31.3 Å². The molecule has 0 unspecified atom stereocenters. The van der Waals surface area contributed by atoms with Gasteiger partial charge in [0.25, 0.3) is 0 Å². The molecule has 2 aliphatic rings. The average Bonchev–Trinajstić information content (AvgIpc) is 2.79. The third-order valence-electron chi connectivity index (χ3n) is 6.73. The second kappa shape index (κ2) is 9.63. The molecule has 3 aromatic rings. The molecule has 0 atom stereocenters. The molecule has 5 rings (SSSR count). The molecule has 1 amide bonds. The van der Waals surface area contributed by atoms with Crippen LogP contribution >= 0.6 is 0 Å². The molecule has 0 aromatic heterocycles. The molecule has 1 N–H and O–H groups in total. The van der Waals surface area contributed by atoms with Gasteiger partial charge in [0, 0.05) is 35.6 Å². The highest BCUT2D eigenvalue weighted by Crippen LogP contribution is 2.44. The van der Waals surface area contributed by atoms with Crippen molar-refractivity contribution < 1.29 is 38.0 Å². The predicted octanol–water partition coefficient (Wildman–Crippen LogP) is 1.85. The van der Waals surface area contributed by atoms with Gasteiger partial charge < -0.3 is 38.5 Å². The number of ether oxygens (including phenoxy) is 1. The zero-order valence-electron chi connectivity index (χ0n) is 18.3. The molecule has 3 aromatic carbocycles. The summed E-state index contributed by atoms with van der Waals surface area (Å²) in [7, 11) is 2.33. The van der Waals surface area contributed by atoms with Crippen LogP contribution in [-0.4, -0.2) is 36.6 Å². The van der Waals surface area contributed by atoms with E-state index in [-0.39, 0.29) is 41.8 Å². The summed E-state index contributed by atoms with van der Waals surface area (Å²) in [5, 5.41) is 3.37. The van der Waals surface area contributed by atoms with Crippen molar-refractivity contribution in [1.82, 2.24) is 5.32 Å². The summed E-state index contributed by atoms with van der Waals surface area (Å²) in [5.74, 6) is 1.30. The number of piperidine rings is 1. The molecule has 2 heterocycles. The van der Waals surface area contributed by atoms with Crippen molar-refractivity contribution in [2.24, 2.45) is 0 Å². The Hall–Kier alpha value is -2.38. The first-order chi connectivity index (χ1) is 15.1. The van der Waals surface area contributed by atoms with Crippen LogP contribution in [0.1, 0.15) is 35.4 Å². The van der Waals surface area contributed by atoms with Crippen molar-refractivity contribution in [1.29, 1.82) is 0 Å². The smallest absolute Gasteiger partial charge is 0.232 e. The fourth-order valence-corrected chi connectivity index (χ4v) is 4.99. The third kappa shape index (κ3) is 4.69. The number of benzene rings is 3. The van der Waals surface area contributed by atoms with Crippen molar-refractivity contribution >= 4 is 5.91 Å². The maximum atomic E-state index is 13.5. The topological polar surface area (TPSA) is 38.3 Å². The van der Waals surface area contributed by atoms with E-state index in [0.717, 1.165) is 59.6 Å². The van der Waals surface area contributed by atoms with Gasteiger partial charge in [-0.15, -0.1) is 0 Å². The number of para-hydroxylation sites is 2. The first kappa shape index (κ1) is 22.8. The highest BCUT2D eigenvalue weighted by Gasteiger charge is 2.36. The highest BCUT2D eigenvalue weighted by molar-refractivity contribution is 5.89. The number of hydrogen-bond acceptors (Lipinski definition) is 2. The summed E-state index contributed by atoms with van der Waals surface area (Å²) < 4.78 is 7.08. The lowest BCUT2D eigenvalue weighted by Gasteiger charge is -2.41. The molecule has 1 saturated heterocycles. The molecular formula is C27H29IN2O2. The van der Waals surface area contributed by atoms with Gasteiger partial charge in [0.05, 0.1) is 26.1 Å². The second-order valence-electron chi connectivity index (χ2n) is 9.10. The number of nitrogens with zero attached hydrogens (tertiary/aromatic N) is 1. The first-order valence-electron chi connectivity index (χ1n) is 11.1. The molecule has 0 saturated carbocycles. The maximum absolute atomic E-state index is 13.5. The van der Waals surface area contributed by atoms with Gasteiger partial charge in [0.15, 0.2) is 0 Å². The molecule has 0 aliphatic carbocycles. The van der Waals surface area contributed by atoms with E-state index in [1.807, 2.05) is 48.5 Å². The van der Waals surface area contributed by atoms with E-state index in [2.05, 4.69) is 42.7 Å². The number of carbonyl (C=O) groups excluding carboxylic acids is 1. The lowest BCUT2D eigenvalue weighted by Crippen LogP contribution is -3.00. The Kier molecular flexibility index (Phi) is 6.86. The SMILES string of the molecule is C[N+]1(Cc2ccccc2)CCC(NC(=O)C2c3ccccc3Oc3ccccc32)CC1.[I-]. The Balaban J connectivity index is 0.00000245. The zero-order valence-corrected chi connectivity index (χ0v) is 20.5. The number of carbonyl (C=O) groups is 1. The standard InChI is InChI=1S/C27H28N2O2.HI/c1-29(19-20-9-3-2-4-10-20)17-15-21(16-18-29)28-27(30)26-22-11-5-7-13-24(22)31-25-14-8-6-12-23(25)26;/h2-14,21,26H,15-19H2,1H3;1H. The number of fused-ring (bicyclic) bond motifs is 2. The average molecular weight is 540 g/mol. The van der Waals surface area contributed by atoms with E-state index in [9.17, 15) is 4.79 Å². The number of quaternary nitrogens is 1. The van der Waals surface area contributed by atoms with Gasteiger partial charge in [0.1, 0.15) is 18.0 Å². The molecule has 2 aliphatic heterocycles. The van der Waals surface area contributed by atoms with Gasteiger partial charge in [-0.1, -0.05) is 66.7 Å². The number of halogens is 1. The highest BCUT2D eigenvalue weighted by atomic mass is 127. The number of amides is 1. The summed E-state index contributed by atoms with van der Waals surface area (Å²) in [4.78, 5) is 13.5. The number of hydrogen-bond donors (Lipinski definition) is 1. The Bertz CT molecular complexity index is 1030. The minimum Gasteiger partial charge on any atom is -1.00 e. The monoisotopic (exact) mass is 540 g/mol. The molecule has 4 nitrogen and oxygen atoms in total. The number of nitrogens with one attached hydrogen (secondary N) is 1. The molecular weight excluding hydrogens is 511 g/mol. The van der Waals surface area contributed by atoms with Crippen LogP contribution in [0.25, 0.3) is 0 Å². The van der Waals surface area contributed by atoms with Crippen molar-refractivity contribution in [3.05, 3.63) is 95.6 Å². The molecule has 5 heteroatoms. The summed E-state index contributed by atoms with van der Waals surface area (Å²) in [6.07, 6.45) is 2.00. The molecule has 32 heavy (non-hydrogen) atoms. The molecule has 0 spiro atoms. The van der Waals surface area contributed by atoms with E-state index >= 15 is 0 Å². The fourth-order valence-electron chi connectivity index (χ4n) is 4.99. The van der Waals surface area contributed by atoms with Crippen LogP contribution in [0.4, 0.5) is 0 Å². The zero-order chi connectivity index (χ0) is 21.3. The number of rotatable bonds is 4.